The Balaban J connectivity index is 2.64. The van der Waals surface area contributed by atoms with E-state index in [0.717, 1.165) is 16.8 Å². The smallest absolute Gasteiger partial charge is 0.254 e. The summed E-state index contributed by atoms with van der Waals surface area (Å²) in [6, 6.07) is 8.03. The topological polar surface area (TPSA) is 45.8 Å². The van der Waals surface area contributed by atoms with Crippen LogP contribution >= 0.6 is 0 Å². The minimum absolute atomic E-state index is 0.0472. The maximum Gasteiger partial charge on any atom is 0.254 e. The fourth-order valence-corrected chi connectivity index (χ4v) is 1.80. The van der Waals surface area contributed by atoms with E-state index in [-0.39, 0.29) is 5.56 Å². The van der Waals surface area contributed by atoms with Crippen LogP contribution in [0.5, 0.6) is 0 Å². The molecule has 1 heterocycles. The minimum Gasteiger partial charge on any atom is -0.313 e. The molecule has 0 radical (unpaired) electrons. The normalized spacial score (nSPS) is 10.4. The third-order valence-corrected chi connectivity index (χ3v) is 2.59. The van der Waals surface area contributed by atoms with Gasteiger partial charge in [-0.3, -0.25) is 4.79 Å². The lowest BCUT2D eigenvalue weighted by Gasteiger charge is -2.06. The van der Waals surface area contributed by atoms with Gasteiger partial charge in [-0.05, 0) is 19.4 Å². The van der Waals surface area contributed by atoms with Crippen LogP contribution in [-0.2, 0) is 6.42 Å². The number of H-pyrrole nitrogens is 1. The summed E-state index contributed by atoms with van der Waals surface area (Å²) < 4.78 is 0. The summed E-state index contributed by atoms with van der Waals surface area (Å²) in [7, 11) is 0. The molecule has 0 aliphatic heterocycles. The van der Waals surface area contributed by atoms with E-state index < -0.39 is 0 Å². The third-order valence-electron chi connectivity index (χ3n) is 2.59. The van der Waals surface area contributed by atoms with Crippen molar-refractivity contribution in [3.8, 4) is 11.3 Å². The van der Waals surface area contributed by atoms with Crippen molar-refractivity contribution in [2.45, 2.75) is 20.3 Å². The van der Waals surface area contributed by atoms with Gasteiger partial charge in [-0.1, -0.05) is 30.7 Å². The van der Waals surface area contributed by atoms with Crippen LogP contribution in [0, 0.1) is 6.92 Å². The van der Waals surface area contributed by atoms with E-state index in [1.54, 1.807) is 0 Å². The summed E-state index contributed by atoms with van der Waals surface area (Å²) in [6.07, 6.45) is 2.14. The van der Waals surface area contributed by atoms with Gasteiger partial charge in [0.1, 0.15) is 0 Å². The number of benzene rings is 1. The third kappa shape index (κ3) is 1.89. The van der Waals surface area contributed by atoms with Crippen molar-refractivity contribution in [3.05, 3.63) is 52.1 Å². The van der Waals surface area contributed by atoms with Gasteiger partial charge in [-0.2, -0.15) is 0 Å². The van der Waals surface area contributed by atoms with Crippen molar-refractivity contribution >= 4 is 0 Å². The largest absolute Gasteiger partial charge is 0.313 e. The Morgan fingerprint density at radius 2 is 2.19 bits per heavy atom. The number of nitrogens with zero attached hydrogens (tertiary/aromatic N) is 1. The molecule has 0 saturated carbocycles. The van der Waals surface area contributed by atoms with E-state index in [0.29, 0.717) is 6.42 Å². The lowest BCUT2D eigenvalue weighted by Crippen LogP contribution is -2.14. The molecule has 1 aromatic heterocycles. The number of nitrogens with one attached hydrogen (secondary N) is 1. The average Bonchev–Trinajstić information content (AvgIpc) is 2.28. The summed E-state index contributed by atoms with van der Waals surface area (Å²) in [4.78, 5) is 18.5. The molecule has 0 spiro atoms. The first-order valence-electron chi connectivity index (χ1n) is 5.36. The van der Waals surface area contributed by atoms with Crippen LogP contribution in [0.4, 0.5) is 0 Å². The monoisotopic (exact) mass is 214 g/mol. The van der Waals surface area contributed by atoms with Gasteiger partial charge in [0.25, 0.3) is 5.56 Å². The molecular formula is C13H14N2O. The van der Waals surface area contributed by atoms with E-state index >= 15 is 0 Å². The van der Waals surface area contributed by atoms with E-state index in [2.05, 4.69) is 9.97 Å². The Kier molecular flexibility index (Phi) is 2.86. The van der Waals surface area contributed by atoms with Gasteiger partial charge in [0.05, 0.1) is 12.0 Å². The van der Waals surface area contributed by atoms with Gasteiger partial charge in [0, 0.05) is 11.1 Å². The molecule has 2 rings (SSSR count). The Labute approximate surface area is 94.2 Å². The summed E-state index contributed by atoms with van der Waals surface area (Å²) in [5.74, 6) is 0. The zero-order valence-corrected chi connectivity index (χ0v) is 9.45. The maximum atomic E-state index is 11.6. The van der Waals surface area contributed by atoms with Gasteiger partial charge >= 0.3 is 0 Å². The first-order valence-corrected chi connectivity index (χ1v) is 5.36. The molecule has 1 aromatic carbocycles. The van der Waals surface area contributed by atoms with Crippen molar-refractivity contribution in [3.63, 3.8) is 0 Å². The molecule has 2 aromatic rings. The standard InChI is InChI=1S/C13H14N2O/c1-3-11-12(14-8-15-13(11)16)10-6-4-5-9(2)7-10/h4-8H,3H2,1-2H3,(H,14,15,16). The zero-order valence-electron chi connectivity index (χ0n) is 9.45. The predicted molar refractivity (Wildman–Crippen MR) is 64.4 cm³/mol. The molecule has 0 atom stereocenters. The first-order chi connectivity index (χ1) is 7.72. The highest BCUT2D eigenvalue weighted by atomic mass is 16.1. The quantitative estimate of drug-likeness (QED) is 0.833. The molecule has 3 heteroatoms. The molecule has 0 amide bonds. The first kappa shape index (κ1) is 10.6. The van der Waals surface area contributed by atoms with Crippen LogP contribution in [0.3, 0.4) is 0 Å². The van der Waals surface area contributed by atoms with Crippen LogP contribution < -0.4 is 5.56 Å². The second kappa shape index (κ2) is 4.31. The molecule has 0 aliphatic rings. The van der Waals surface area contributed by atoms with Gasteiger partial charge in [-0.15, -0.1) is 0 Å². The summed E-state index contributed by atoms with van der Waals surface area (Å²) >= 11 is 0. The fourth-order valence-electron chi connectivity index (χ4n) is 1.80. The summed E-state index contributed by atoms with van der Waals surface area (Å²) in [5.41, 5.74) is 3.65. The predicted octanol–water partition coefficient (Wildman–Crippen LogP) is 2.31. The van der Waals surface area contributed by atoms with Crippen LogP contribution in [0.2, 0.25) is 0 Å². The summed E-state index contributed by atoms with van der Waals surface area (Å²) in [6.45, 7) is 3.99. The molecule has 0 aliphatic carbocycles. The number of hydrogen-bond donors (Lipinski definition) is 1. The SMILES string of the molecule is CCc1c(-c2cccc(C)c2)nc[nH]c1=O. The van der Waals surface area contributed by atoms with Gasteiger partial charge in [0.15, 0.2) is 0 Å². The molecule has 0 bridgehead atoms. The maximum absolute atomic E-state index is 11.6. The molecule has 0 saturated heterocycles. The molecular weight excluding hydrogens is 200 g/mol. The molecule has 82 valence electrons. The number of aryl methyl sites for hydroxylation is 1. The van der Waals surface area contributed by atoms with E-state index in [1.165, 1.54) is 11.9 Å². The van der Waals surface area contributed by atoms with Crippen molar-refractivity contribution < 1.29 is 0 Å². The number of hydrogen-bond acceptors (Lipinski definition) is 2. The Bertz CT molecular complexity index is 558. The van der Waals surface area contributed by atoms with Crippen LogP contribution in [0.25, 0.3) is 11.3 Å². The van der Waals surface area contributed by atoms with Crippen molar-refractivity contribution in [1.82, 2.24) is 9.97 Å². The Morgan fingerprint density at radius 1 is 1.38 bits per heavy atom. The number of aromatic amines is 1. The van der Waals surface area contributed by atoms with Crippen molar-refractivity contribution in [1.29, 1.82) is 0 Å². The molecule has 0 fully saturated rings. The highest BCUT2D eigenvalue weighted by molar-refractivity contribution is 5.63. The van der Waals surface area contributed by atoms with Crippen molar-refractivity contribution in [2.24, 2.45) is 0 Å². The van der Waals surface area contributed by atoms with Crippen LogP contribution in [0.15, 0.2) is 35.4 Å². The lowest BCUT2D eigenvalue weighted by molar-refractivity contribution is 1.01. The van der Waals surface area contributed by atoms with Gasteiger partial charge in [-0.25, -0.2) is 4.98 Å². The van der Waals surface area contributed by atoms with Gasteiger partial charge in [0.2, 0.25) is 0 Å². The van der Waals surface area contributed by atoms with Crippen LogP contribution in [-0.4, -0.2) is 9.97 Å². The van der Waals surface area contributed by atoms with E-state index in [9.17, 15) is 4.79 Å². The molecule has 0 unspecified atom stereocenters. The Hall–Kier alpha value is -1.90. The number of rotatable bonds is 2. The molecule has 3 nitrogen and oxygen atoms in total. The Morgan fingerprint density at radius 3 is 2.88 bits per heavy atom. The average molecular weight is 214 g/mol. The summed E-state index contributed by atoms with van der Waals surface area (Å²) in [5, 5.41) is 0. The zero-order chi connectivity index (χ0) is 11.5. The molecule has 16 heavy (non-hydrogen) atoms. The highest BCUT2D eigenvalue weighted by Crippen LogP contribution is 2.19. The fraction of sp³-hybridized carbons (Fsp3) is 0.231. The van der Waals surface area contributed by atoms with Crippen LogP contribution in [0.1, 0.15) is 18.1 Å². The highest BCUT2D eigenvalue weighted by Gasteiger charge is 2.08. The second-order valence-electron chi connectivity index (χ2n) is 3.78. The van der Waals surface area contributed by atoms with Gasteiger partial charge < -0.3 is 4.98 Å². The van der Waals surface area contributed by atoms with E-state index in [4.69, 9.17) is 0 Å². The second-order valence-corrected chi connectivity index (χ2v) is 3.78. The molecule has 1 N–H and O–H groups in total. The lowest BCUT2D eigenvalue weighted by atomic mass is 10.0. The van der Waals surface area contributed by atoms with Crippen molar-refractivity contribution in [2.75, 3.05) is 0 Å². The minimum atomic E-state index is -0.0472. The van der Waals surface area contributed by atoms with E-state index in [1.807, 2.05) is 38.1 Å². The number of aromatic nitrogens is 2.